The van der Waals surface area contributed by atoms with E-state index in [-0.39, 0.29) is 0 Å². The maximum Gasteiger partial charge on any atom is 0.131 e. The Morgan fingerprint density at radius 3 is 2.11 bits per heavy atom. The van der Waals surface area contributed by atoms with Gasteiger partial charge in [-0.2, -0.15) is 0 Å². The van der Waals surface area contributed by atoms with Crippen LogP contribution in [0.25, 0.3) is 10.8 Å². The number of methoxy groups -OCH3 is 2. The van der Waals surface area contributed by atoms with E-state index in [9.17, 15) is 0 Å². The van der Waals surface area contributed by atoms with Crippen molar-refractivity contribution in [3.63, 3.8) is 0 Å². The van der Waals surface area contributed by atoms with E-state index in [0.717, 1.165) is 41.8 Å². The first kappa shape index (κ1) is 12.3. The number of ether oxygens (including phenoxy) is 2. The van der Waals surface area contributed by atoms with Crippen LogP contribution in [0.3, 0.4) is 0 Å². The quantitative estimate of drug-likeness (QED) is 0.825. The molecular formula is C16H19NO2. The normalized spacial score (nSPS) is 15.3. The molecule has 2 aromatic carbocycles. The molecule has 0 amide bonds. The molecule has 0 fully saturated rings. The van der Waals surface area contributed by atoms with Crippen LogP contribution < -0.4 is 9.47 Å². The number of benzene rings is 2. The molecule has 0 saturated carbocycles. The highest BCUT2D eigenvalue weighted by Crippen LogP contribution is 2.42. The molecule has 100 valence electrons. The van der Waals surface area contributed by atoms with Crippen LogP contribution in [0.1, 0.15) is 11.1 Å². The molecule has 0 radical (unpaired) electrons. The van der Waals surface area contributed by atoms with Gasteiger partial charge in [0.2, 0.25) is 0 Å². The van der Waals surface area contributed by atoms with Crippen molar-refractivity contribution in [2.24, 2.45) is 0 Å². The van der Waals surface area contributed by atoms with Crippen molar-refractivity contribution in [3.05, 3.63) is 35.4 Å². The van der Waals surface area contributed by atoms with Gasteiger partial charge < -0.3 is 14.4 Å². The zero-order valence-electron chi connectivity index (χ0n) is 11.7. The number of hydrogen-bond acceptors (Lipinski definition) is 3. The molecule has 3 rings (SSSR count). The summed E-state index contributed by atoms with van der Waals surface area (Å²) in [7, 11) is 5.65. The molecule has 1 aliphatic heterocycles. The van der Waals surface area contributed by atoms with Gasteiger partial charge in [-0.15, -0.1) is 0 Å². The van der Waals surface area contributed by atoms with E-state index in [0.29, 0.717) is 0 Å². The van der Waals surface area contributed by atoms with E-state index in [1.165, 1.54) is 11.1 Å². The van der Waals surface area contributed by atoms with E-state index in [4.69, 9.17) is 9.47 Å². The van der Waals surface area contributed by atoms with Gasteiger partial charge >= 0.3 is 0 Å². The average Bonchev–Trinajstić information content (AvgIpc) is 2.44. The summed E-state index contributed by atoms with van der Waals surface area (Å²) in [5, 5.41) is 2.28. The van der Waals surface area contributed by atoms with E-state index >= 15 is 0 Å². The second kappa shape index (κ2) is 4.74. The second-order valence-corrected chi connectivity index (χ2v) is 5.06. The summed E-state index contributed by atoms with van der Waals surface area (Å²) in [5.41, 5.74) is 2.57. The Labute approximate surface area is 113 Å². The zero-order valence-corrected chi connectivity index (χ0v) is 11.7. The van der Waals surface area contributed by atoms with Crippen LogP contribution in [0.5, 0.6) is 11.5 Å². The van der Waals surface area contributed by atoms with Gasteiger partial charge in [0.1, 0.15) is 11.5 Å². The monoisotopic (exact) mass is 257 g/mol. The fourth-order valence-corrected chi connectivity index (χ4v) is 3.03. The molecule has 0 atom stereocenters. The van der Waals surface area contributed by atoms with Crippen molar-refractivity contribution in [1.82, 2.24) is 4.90 Å². The molecule has 1 aliphatic rings. The van der Waals surface area contributed by atoms with Crippen LogP contribution in [-0.2, 0) is 13.0 Å². The van der Waals surface area contributed by atoms with Crippen molar-refractivity contribution in [1.29, 1.82) is 0 Å². The predicted octanol–water partition coefficient (Wildman–Crippen LogP) is 2.84. The van der Waals surface area contributed by atoms with E-state index in [2.05, 4.69) is 24.1 Å². The smallest absolute Gasteiger partial charge is 0.131 e. The Balaban J connectivity index is 2.38. The maximum atomic E-state index is 5.69. The summed E-state index contributed by atoms with van der Waals surface area (Å²) in [4.78, 5) is 2.32. The summed E-state index contributed by atoms with van der Waals surface area (Å²) in [6.45, 7) is 1.98. The van der Waals surface area contributed by atoms with Crippen LogP contribution in [0.15, 0.2) is 24.3 Å². The molecule has 0 saturated heterocycles. The summed E-state index contributed by atoms with van der Waals surface area (Å²) < 4.78 is 11.4. The van der Waals surface area contributed by atoms with Crippen LogP contribution in [0.4, 0.5) is 0 Å². The van der Waals surface area contributed by atoms with Crippen LogP contribution in [0, 0.1) is 0 Å². The maximum absolute atomic E-state index is 5.69. The Kier molecular flexibility index (Phi) is 3.07. The van der Waals surface area contributed by atoms with Crippen molar-refractivity contribution in [3.8, 4) is 11.5 Å². The fourth-order valence-electron chi connectivity index (χ4n) is 3.03. The molecule has 0 spiro atoms. The van der Waals surface area contributed by atoms with Gasteiger partial charge in [-0.05, 0) is 13.5 Å². The third-order valence-corrected chi connectivity index (χ3v) is 3.91. The topological polar surface area (TPSA) is 21.7 Å². The summed E-state index contributed by atoms with van der Waals surface area (Å²) in [6, 6.07) is 8.30. The minimum Gasteiger partial charge on any atom is -0.496 e. The van der Waals surface area contributed by atoms with Crippen molar-refractivity contribution < 1.29 is 9.47 Å². The molecule has 0 N–H and O–H groups in total. The van der Waals surface area contributed by atoms with Crippen LogP contribution >= 0.6 is 0 Å². The molecule has 1 heterocycles. The number of likely N-dealkylation sites (N-methyl/N-ethyl adjacent to an activating group) is 1. The number of rotatable bonds is 2. The highest BCUT2D eigenvalue weighted by atomic mass is 16.5. The molecule has 0 aromatic heterocycles. The lowest BCUT2D eigenvalue weighted by molar-refractivity contribution is 0.297. The van der Waals surface area contributed by atoms with Gasteiger partial charge in [0.15, 0.2) is 0 Å². The first-order valence-electron chi connectivity index (χ1n) is 6.59. The van der Waals surface area contributed by atoms with Crippen molar-refractivity contribution in [2.45, 2.75) is 13.0 Å². The van der Waals surface area contributed by atoms with Gasteiger partial charge in [-0.3, -0.25) is 0 Å². The van der Waals surface area contributed by atoms with Gasteiger partial charge in [-0.25, -0.2) is 0 Å². The minimum absolute atomic E-state index is 0.916. The Morgan fingerprint density at radius 1 is 0.947 bits per heavy atom. The zero-order chi connectivity index (χ0) is 13.4. The molecule has 2 aromatic rings. The average molecular weight is 257 g/mol. The largest absolute Gasteiger partial charge is 0.496 e. The highest BCUT2D eigenvalue weighted by Gasteiger charge is 2.24. The molecule has 0 unspecified atom stereocenters. The van der Waals surface area contributed by atoms with Crippen LogP contribution in [-0.4, -0.2) is 32.7 Å². The first-order valence-corrected chi connectivity index (χ1v) is 6.59. The standard InChI is InChI=1S/C16H19NO2/c1-17-9-8-13-14(10-17)16(19-3)12-7-5-4-6-11(12)15(13)18-2/h4-7H,8-10H2,1-3H3. The third kappa shape index (κ3) is 1.85. The number of fused-ring (bicyclic) bond motifs is 2. The Hall–Kier alpha value is -1.74. The summed E-state index contributed by atoms with van der Waals surface area (Å²) in [6.07, 6.45) is 1.01. The minimum atomic E-state index is 0.916. The fraction of sp³-hybridized carbons (Fsp3) is 0.375. The van der Waals surface area contributed by atoms with Crippen molar-refractivity contribution >= 4 is 10.8 Å². The SMILES string of the molecule is COc1c2c(c(OC)c3ccccc13)CN(C)CC2. The van der Waals surface area contributed by atoms with Crippen molar-refractivity contribution in [2.75, 3.05) is 27.8 Å². The van der Waals surface area contributed by atoms with Gasteiger partial charge in [0, 0.05) is 35.0 Å². The Morgan fingerprint density at radius 2 is 1.53 bits per heavy atom. The van der Waals surface area contributed by atoms with Gasteiger partial charge in [-0.1, -0.05) is 24.3 Å². The van der Waals surface area contributed by atoms with E-state index in [1.54, 1.807) is 14.2 Å². The summed E-state index contributed by atoms with van der Waals surface area (Å²) >= 11 is 0. The molecule has 0 bridgehead atoms. The lowest BCUT2D eigenvalue weighted by atomic mass is 9.93. The summed E-state index contributed by atoms with van der Waals surface area (Å²) in [5.74, 6) is 2.01. The lowest BCUT2D eigenvalue weighted by Gasteiger charge is -2.29. The predicted molar refractivity (Wildman–Crippen MR) is 77.1 cm³/mol. The van der Waals surface area contributed by atoms with E-state index < -0.39 is 0 Å². The molecule has 3 nitrogen and oxygen atoms in total. The Bertz CT molecular complexity index is 622. The molecule has 19 heavy (non-hydrogen) atoms. The highest BCUT2D eigenvalue weighted by molar-refractivity contribution is 5.96. The lowest BCUT2D eigenvalue weighted by Crippen LogP contribution is -2.27. The number of hydrogen-bond donors (Lipinski definition) is 0. The van der Waals surface area contributed by atoms with Gasteiger partial charge in [0.25, 0.3) is 0 Å². The van der Waals surface area contributed by atoms with Crippen LogP contribution in [0.2, 0.25) is 0 Å². The first-order chi connectivity index (χ1) is 9.26. The van der Waals surface area contributed by atoms with Gasteiger partial charge in [0.05, 0.1) is 14.2 Å². The molecule has 0 aliphatic carbocycles. The second-order valence-electron chi connectivity index (χ2n) is 5.06. The number of nitrogens with zero attached hydrogens (tertiary/aromatic N) is 1. The third-order valence-electron chi connectivity index (χ3n) is 3.91. The van der Waals surface area contributed by atoms with E-state index in [1.807, 2.05) is 12.1 Å². The molecular weight excluding hydrogens is 238 g/mol. The molecule has 3 heteroatoms.